The summed E-state index contributed by atoms with van der Waals surface area (Å²) >= 11 is 0. The fourth-order valence-corrected chi connectivity index (χ4v) is 3.18. The van der Waals surface area contributed by atoms with E-state index in [9.17, 15) is 4.79 Å². The van der Waals surface area contributed by atoms with E-state index >= 15 is 0 Å². The molecule has 8 heteroatoms. The van der Waals surface area contributed by atoms with E-state index in [2.05, 4.69) is 25.5 Å². The number of fused-ring (bicyclic) bond motifs is 1. The number of carbonyl (C=O) groups excluding carboxylic acids is 1. The SMILES string of the molecule is COc1ccc(NC(=O)C2CCN(c3ccc4nncn4n3)CC2)cc1. The molecule has 0 bridgehead atoms. The highest BCUT2D eigenvalue weighted by molar-refractivity contribution is 5.92. The van der Waals surface area contributed by atoms with Crippen molar-refractivity contribution in [3.63, 3.8) is 0 Å². The minimum absolute atomic E-state index is 0.00648. The second-order valence-corrected chi connectivity index (χ2v) is 6.30. The number of anilines is 2. The Kier molecular flexibility index (Phi) is 4.39. The van der Waals surface area contributed by atoms with Crippen molar-refractivity contribution >= 4 is 23.1 Å². The normalized spacial score (nSPS) is 15.2. The molecule has 0 saturated carbocycles. The quantitative estimate of drug-likeness (QED) is 0.773. The van der Waals surface area contributed by atoms with Crippen molar-refractivity contribution in [1.29, 1.82) is 0 Å². The van der Waals surface area contributed by atoms with Gasteiger partial charge in [-0.3, -0.25) is 4.79 Å². The number of methoxy groups -OCH3 is 1. The van der Waals surface area contributed by atoms with Gasteiger partial charge in [-0.25, -0.2) is 0 Å². The van der Waals surface area contributed by atoms with E-state index in [4.69, 9.17) is 4.74 Å². The largest absolute Gasteiger partial charge is 0.497 e. The van der Waals surface area contributed by atoms with Crippen LogP contribution in [0.5, 0.6) is 5.75 Å². The Balaban J connectivity index is 1.35. The van der Waals surface area contributed by atoms with Gasteiger partial charge in [-0.05, 0) is 49.2 Å². The molecule has 0 aliphatic carbocycles. The first-order valence-corrected chi connectivity index (χ1v) is 8.60. The van der Waals surface area contributed by atoms with Crippen LogP contribution >= 0.6 is 0 Å². The Morgan fingerprint density at radius 2 is 1.92 bits per heavy atom. The van der Waals surface area contributed by atoms with Crippen molar-refractivity contribution in [3.05, 3.63) is 42.7 Å². The molecule has 1 fully saturated rings. The maximum Gasteiger partial charge on any atom is 0.227 e. The molecule has 0 atom stereocenters. The lowest BCUT2D eigenvalue weighted by atomic mass is 9.96. The molecule has 0 spiro atoms. The van der Waals surface area contributed by atoms with E-state index in [1.807, 2.05) is 36.4 Å². The topological polar surface area (TPSA) is 84.6 Å². The predicted octanol–water partition coefficient (Wildman–Crippen LogP) is 1.99. The number of aromatic nitrogens is 4. The molecule has 0 unspecified atom stereocenters. The van der Waals surface area contributed by atoms with Crippen LogP contribution < -0.4 is 15.0 Å². The smallest absolute Gasteiger partial charge is 0.227 e. The molecule has 134 valence electrons. The minimum atomic E-state index is 0.00648. The van der Waals surface area contributed by atoms with Crippen LogP contribution in [0.3, 0.4) is 0 Å². The zero-order valence-electron chi connectivity index (χ0n) is 14.5. The van der Waals surface area contributed by atoms with Crippen molar-refractivity contribution in [1.82, 2.24) is 19.8 Å². The molecular weight excluding hydrogens is 332 g/mol. The number of benzene rings is 1. The van der Waals surface area contributed by atoms with Gasteiger partial charge in [0.05, 0.1) is 7.11 Å². The number of carbonyl (C=O) groups is 1. The second kappa shape index (κ2) is 6.99. The highest BCUT2D eigenvalue weighted by atomic mass is 16.5. The molecule has 0 radical (unpaired) electrons. The summed E-state index contributed by atoms with van der Waals surface area (Å²) < 4.78 is 6.80. The molecule has 3 aromatic rings. The van der Waals surface area contributed by atoms with E-state index in [-0.39, 0.29) is 11.8 Å². The summed E-state index contributed by atoms with van der Waals surface area (Å²) in [4.78, 5) is 14.7. The molecule has 2 aromatic heterocycles. The van der Waals surface area contributed by atoms with E-state index in [0.29, 0.717) is 0 Å². The number of hydrogen-bond acceptors (Lipinski definition) is 6. The monoisotopic (exact) mass is 352 g/mol. The standard InChI is InChI=1S/C18H20N6O2/c1-26-15-4-2-14(3-5-15)20-18(25)13-8-10-23(11-9-13)17-7-6-16-21-19-12-24(16)22-17/h2-7,12-13H,8-11H2,1H3,(H,20,25). The Labute approximate surface area is 150 Å². The van der Waals surface area contributed by atoms with Crippen LogP contribution in [0.25, 0.3) is 5.65 Å². The van der Waals surface area contributed by atoms with Gasteiger partial charge in [0.15, 0.2) is 5.65 Å². The van der Waals surface area contributed by atoms with Crippen LogP contribution in [0.15, 0.2) is 42.7 Å². The molecule has 1 aromatic carbocycles. The Hall–Kier alpha value is -3.16. The molecule has 4 rings (SSSR count). The lowest BCUT2D eigenvalue weighted by Gasteiger charge is -2.32. The van der Waals surface area contributed by atoms with Gasteiger partial charge in [-0.15, -0.1) is 15.3 Å². The molecule has 26 heavy (non-hydrogen) atoms. The highest BCUT2D eigenvalue weighted by Crippen LogP contribution is 2.24. The van der Waals surface area contributed by atoms with Gasteiger partial charge in [0.25, 0.3) is 0 Å². The van der Waals surface area contributed by atoms with Crippen LogP contribution in [0.1, 0.15) is 12.8 Å². The first-order valence-electron chi connectivity index (χ1n) is 8.60. The molecule has 3 heterocycles. The maximum atomic E-state index is 12.5. The summed E-state index contributed by atoms with van der Waals surface area (Å²) in [5.41, 5.74) is 1.51. The maximum absolute atomic E-state index is 12.5. The van der Waals surface area contributed by atoms with Gasteiger partial charge in [0, 0.05) is 24.7 Å². The number of nitrogens with one attached hydrogen (secondary N) is 1. The van der Waals surface area contributed by atoms with Crippen LogP contribution in [0.2, 0.25) is 0 Å². The molecule has 1 N–H and O–H groups in total. The van der Waals surface area contributed by atoms with Crippen molar-refractivity contribution in [2.24, 2.45) is 5.92 Å². The average Bonchev–Trinajstić information content (AvgIpc) is 3.16. The van der Waals surface area contributed by atoms with Crippen LogP contribution in [-0.2, 0) is 4.79 Å². The lowest BCUT2D eigenvalue weighted by Crippen LogP contribution is -2.38. The third kappa shape index (κ3) is 3.30. The van der Waals surface area contributed by atoms with Gasteiger partial charge in [0.2, 0.25) is 5.91 Å². The van der Waals surface area contributed by atoms with Crippen LogP contribution in [0.4, 0.5) is 11.5 Å². The van der Waals surface area contributed by atoms with Crippen molar-refractivity contribution < 1.29 is 9.53 Å². The summed E-state index contributed by atoms with van der Waals surface area (Å²) in [6, 6.07) is 11.2. The van der Waals surface area contributed by atoms with Gasteiger partial charge < -0.3 is 15.0 Å². The van der Waals surface area contributed by atoms with Crippen molar-refractivity contribution in [3.8, 4) is 5.75 Å². The van der Waals surface area contributed by atoms with E-state index in [1.165, 1.54) is 0 Å². The van der Waals surface area contributed by atoms with Crippen molar-refractivity contribution in [2.75, 3.05) is 30.4 Å². The minimum Gasteiger partial charge on any atom is -0.497 e. The molecule has 1 saturated heterocycles. The Bertz CT molecular complexity index is 899. The Morgan fingerprint density at radius 3 is 2.65 bits per heavy atom. The van der Waals surface area contributed by atoms with Crippen LogP contribution in [0, 0.1) is 5.92 Å². The third-order valence-electron chi connectivity index (χ3n) is 4.69. The Morgan fingerprint density at radius 1 is 1.15 bits per heavy atom. The van der Waals surface area contributed by atoms with Gasteiger partial charge in [-0.2, -0.15) is 4.52 Å². The third-order valence-corrected chi connectivity index (χ3v) is 4.69. The van der Waals surface area contributed by atoms with Gasteiger partial charge >= 0.3 is 0 Å². The van der Waals surface area contributed by atoms with E-state index in [1.54, 1.807) is 18.0 Å². The zero-order valence-corrected chi connectivity index (χ0v) is 14.5. The number of hydrogen-bond donors (Lipinski definition) is 1. The molecule has 8 nitrogen and oxygen atoms in total. The summed E-state index contributed by atoms with van der Waals surface area (Å²) in [6.07, 6.45) is 3.18. The summed E-state index contributed by atoms with van der Waals surface area (Å²) in [5, 5.41) is 15.3. The number of piperidine rings is 1. The number of nitrogens with zero attached hydrogens (tertiary/aromatic N) is 5. The second-order valence-electron chi connectivity index (χ2n) is 6.30. The van der Waals surface area contributed by atoms with Gasteiger partial charge in [0.1, 0.15) is 17.9 Å². The summed E-state index contributed by atoms with van der Waals surface area (Å²) in [5.74, 6) is 1.73. The van der Waals surface area contributed by atoms with E-state index in [0.717, 1.165) is 48.8 Å². The molecule has 1 amide bonds. The predicted molar refractivity (Wildman–Crippen MR) is 97.3 cm³/mol. The first-order chi connectivity index (χ1) is 12.7. The fraction of sp³-hybridized carbons (Fsp3) is 0.333. The lowest BCUT2D eigenvalue weighted by molar-refractivity contribution is -0.120. The summed E-state index contributed by atoms with van der Waals surface area (Å²) in [7, 11) is 1.62. The van der Waals surface area contributed by atoms with Crippen LogP contribution in [-0.4, -0.2) is 45.9 Å². The molecule has 1 aliphatic rings. The molecular formula is C18H20N6O2. The fourth-order valence-electron chi connectivity index (χ4n) is 3.18. The van der Waals surface area contributed by atoms with Gasteiger partial charge in [-0.1, -0.05) is 0 Å². The van der Waals surface area contributed by atoms with E-state index < -0.39 is 0 Å². The number of amides is 1. The number of ether oxygens (including phenoxy) is 1. The summed E-state index contributed by atoms with van der Waals surface area (Å²) in [6.45, 7) is 1.59. The molecule has 1 aliphatic heterocycles. The first kappa shape index (κ1) is 16.3. The average molecular weight is 352 g/mol. The zero-order chi connectivity index (χ0) is 17.9. The number of rotatable bonds is 4. The van der Waals surface area contributed by atoms with Crippen molar-refractivity contribution in [2.45, 2.75) is 12.8 Å². The highest BCUT2D eigenvalue weighted by Gasteiger charge is 2.26.